The molecule has 2 aliphatic rings. The second-order valence-corrected chi connectivity index (χ2v) is 5.36. The number of amides is 1. The van der Waals surface area contributed by atoms with Crippen molar-refractivity contribution < 1.29 is 9.53 Å². The maximum Gasteiger partial charge on any atom is 0.220 e. The predicted octanol–water partition coefficient (Wildman–Crippen LogP) is 2.59. The third-order valence-corrected chi connectivity index (χ3v) is 3.84. The normalized spacial score (nSPS) is 20.2. The number of hydrogen-bond donors (Lipinski definition) is 1. The minimum absolute atomic E-state index is 0.00214. The van der Waals surface area contributed by atoms with Gasteiger partial charge in [-0.2, -0.15) is 10.2 Å². The number of carbonyl (C=O) groups is 1. The van der Waals surface area contributed by atoms with E-state index < -0.39 is 5.66 Å². The van der Waals surface area contributed by atoms with Gasteiger partial charge in [-0.25, -0.2) is 0 Å². The molecule has 1 unspecified atom stereocenters. The lowest BCUT2D eigenvalue weighted by atomic mass is 10.0. The van der Waals surface area contributed by atoms with Gasteiger partial charge in [0.25, 0.3) is 0 Å². The number of fused-ring (bicyclic) bond motifs is 1. The molecule has 108 valence electrons. The molecule has 1 N–H and O–H groups in total. The minimum Gasteiger partial charge on any atom is -0.491 e. The molecule has 2 heterocycles. The highest BCUT2D eigenvalue weighted by Crippen LogP contribution is 2.38. The molecule has 1 atom stereocenters. The highest BCUT2D eigenvalue weighted by Gasteiger charge is 2.39. The number of terminal acetylenes is 1. The molecular formula is C16H17N3O2. The van der Waals surface area contributed by atoms with Gasteiger partial charge in [0.15, 0.2) is 5.66 Å². The molecule has 0 aromatic heterocycles. The molecule has 0 spiro atoms. The Labute approximate surface area is 123 Å². The maximum absolute atomic E-state index is 12.1. The van der Waals surface area contributed by atoms with Crippen molar-refractivity contribution in [3.63, 3.8) is 0 Å². The Bertz CT molecular complexity index is 612. The van der Waals surface area contributed by atoms with Crippen LogP contribution in [0.3, 0.4) is 0 Å². The molecule has 2 aliphatic heterocycles. The fourth-order valence-electron chi connectivity index (χ4n) is 2.53. The Morgan fingerprint density at radius 1 is 1.43 bits per heavy atom. The summed E-state index contributed by atoms with van der Waals surface area (Å²) in [6, 6.07) is 7.70. The summed E-state index contributed by atoms with van der Waals surface area (Å²) < 4.78 is 5.55. The largest absolute Gasteiger partial charge is 0.491 e. The molecule has 0 aliphatic carbocycles. The fraction of sp³-hybridized carbons (Fsp3) is 0.438. The number of carbonyl (C=O) groups excluding carboxylic acids is 1. The second-order valence-electron chi connectivity index (χ2n) is 5.36. The Morgan fingerprint density at radius 3 is 3.00 bits per heavy atom. The van der Waals surface area contributed by atoms with Crippen LogP contribution in [0.5, 0.6) is 5.75 Å². The van der Waals surface area contributed by atoms with E-state index in [1.807, 2.05) is 24.3 Å². The standard InChI is InChI=1S/C16H17N3O2/c1-2-3-9-16(18-19-16)10-8-15(20)17-13-11-21-14-7-5-4-6-12(13)14/h1,4-7,13H,3,8-11H2,(H,17,20). The van der Waals surface area contributed by atoms with Crippen molar-refractivity contribution >= 4 is 5.91 Å². The highest BCUT2D eigenvalue weighted by molar-refractivity contribution is 5.76. The maximum atomic E-state index is 12.1. The van der Waals surface area contributed by atoms with Crippen molar-refractivity contribution in [2.45, 2.75) is 37.4 Å². The van der Waals surface area contributed by atoms with E-state index in [0.717, 1.165) is 17.7 Å². The monoisotopic (exact) mass is 283 g/mol. The molecule has 0 saturated carbocycles. The van der Waals surface area contributed by atoms with Gasteiger partial charge in [-0.15, -0.1) is 12.3 Å². The number of para-hydroxylation sites is 1. The topological polar surface area (TPSA) is 63.0 Å². The van der Waals surface area contributed by atoms with Gasteiger partial charge >= 0.3 is 0 Å². The molecule has 5 heteroatoms. The van der Waals surface area contributed by atoms with Gasteiger partial charge in [0, 0.05) is 31.2 Å². The number of benzene rings is 1. The number of rotatable bonds is 6. The van der Waals surface area contributed by atoms with Crippen LogP contribution >= 0.6 is 0 Å². The molecule has 0 saturated heterocycles. The molecule has 0 bridgehead atoms. The van der Waals surface area contributed by atoms with E-state index in [1.165, 1.54) is 0 Å². The Morgan fingerprint density at radius 2 is 2.24 bits per heavy atom. The molecule has 1 aromatic rings. The number of hydrogen-bond acceptors (Lipinski definition) is 4. The summed E-state index contributed by atoms with van der Waals surface area (Å²) in [7, 11) is 0. The predicted molar refractivity (Wildman–Crippen MR) is 77.7 cm³/mol. The fourth-order valence-corrected chi connectivity index (χ4v) is 2.53. The first kappa shape index (κ1) is 13.6. The summed E-state index contributed by atoms with van der Waals surface area (Å²) in [5.41, 5.74) is 0.641. The Kier molecular flexibility index (Phi) is 3.61. The number of ether oxygens (including phenoxy) is 1. The van der Waals surface area contributed by atoms with Crippen molar-refractivity contribution in [1.82, 2.24) is 5.32 Å². The van der Waals surface area contributed by atoms with E-state index in [-0.39, 0.29) is 11.9 Å². The summed E-state index contributed by atoms with van der Waals surface area (Å²) in [5.74, 6) is 3.43. The zero-order valence-corrected chi connectivity index (χ0v) is 11.7. The average Bonchev–Trinajstić information content (AvgIpc) is 3.18. The summed E-state index contributed by atoms with van der Waals surface area (Å²) in [6.45, 7) is 0.488. The van der Waals surface area contributed by atoms with Crippen LogP contribution < -0.4 is 10.1 Å². The zero-order chi connectivity index (χ0) is 14.7. The lowest BCUT2D eigenvalue weighted by Crippen LogP contribution is -2.30. The van der Waals surface area contributed by atoms with E-state index in [9.17, 15) is 4.79 Å². The molecule has 0 fully saturated rings. The summed E-state index contributed by atoms with van der Waals surface area (Å²) in [5, 5.41) is 11.1. The molecule has 1 amide bonds. The van der Waals surface area contributed by atoms with Crippen LogP contribution in [0.4, 0.5) is 0 Å². The van der Waals surface area contributed by atoms with Gasteiger partial charge in [0.1, 0.15) is 12.4 Å². The van der Waals surface area contributed by atoms with E-state index in [2.05, 4.69) is 21.5 Å². The quantitative estimate of drug-likeness (QED) is 0.816. The van der Waals surface area contributed by atoms with Crippen molar-refractivity contribution in [1.29, 1.82) is 0 Å². The average molecular weight is 283 g/mol. The van der Waals surface area contributed by atoms with Gasteiger partial charge in [0.2, 0.25) is 5.91 Å². The van der Waals surface area contributed by atoms with Crippen molar-refractivity contribution in [2.24, 2.45) is 10.2 Å². The number of nitrogens with zero attached hydrogens (tertiary/aromatic N) is 2. The lowest BCUT2D eigenvalue weighted by Gasteiger charge is -2.13. The molecule has 0 radical (unpaired) electrons. The summed E-state index contributed by atoms with van der Waals surface area (Å²) in [4.78, 5) is 12.1. The van der Waals surface area contributed by atoms with Crippen LogP contribution in [0.2, 0.25) is 0 Å². The van der Waals surface area contributed by atoms with Crippen LogP contribution in [0.25, 0.3) is 0 Å². The first-order valence-corrected chi connectivity index (χ1v) is 7.11. The second kappa shape index (κ2) is 5.57. The molecular weight excluding hydrogens is 266 g/mol. The van der Waals surface area contributed by atoms with Crippen LogP contribution in [-0.2, 0) is 4.79 Å². The van der Waals surface area contributed by atoms with E-state index in [1.54, 1.807) is 0 Å². The van der Waals surface area contributed by atoms with Crippen molar-refractivity contribution in [2.75, 3.05) is 6.61 Å². The number of nitrogens with one attached hydrogen (secondary N) is 1. The first-order chi connectivity index (χ1) is 10.2. The summed E-state index contributed by atoms with van der Waals surface area (Å²) in [6.07, 6.45) is 7.63. The van der Waals surface area contributed by atoms with Crippen LogP contribution in [-0.4, -0.2) is 18.2 Å². The van der Waals surface area contributed by atoms with Gasteiger partial charge in [0.05, 0.1) is 6.04 Å². The van der Waals surface area contributed by atoms with Crippen molar-refractivity contribution in [3.05, 3.63) is 29.8 Å². The van der Waals surface area contributed by atoms with E-state index in [0.29, 0.717) is 25.9 Å². The van der Waals surface area contributed by atoms with Gasteiger partial charge < -0.3 is 10.1 Å². The smallest absolute Gasteiger partial charge is 0.220 e. The van der Waals surface area contributed by atoms with Crippen LogP contribution in [0.15, 0.2) is 34.5 Å². The van der Waals surface area contributed by atoms with Crippen LogP contribution in [0.1, 0.15) is 37.3 Å². The highest BCUT2D eigenvalue weighted by atomic mass is 16.5. The van der Waals surface area contributed by atoms with E-state index in [4.69, 9.17) is 11.2 Å². The summed E-state index contributed by atoms with van der Waals surface area (Å²) >= 11 is 0. The van der Waals surface area contributed by atoms with Gasteiger partial charge in [-0.1, -0.05) is 18.2 Å². The Balaban J connectivity index is 1.49. The lowest BCUT2D eigenvalue weighted by molar-refractivity contribution is -0.122. The molecule has 21 heavy (non-hydrogen) atoms. The third-order valence-electron chi connectivity index (χ3n) is 3.84. The van der Waals surface area contributed by atoms with Gasteiger partial charge in [-0.05, 0) is 6.07 Å². The molecule has 5 nitrogen and oxygen atoms in total. The van der Waals surface area contributed by atoms with Gasteiger partial charge in [-0.3, -0.25) is 4.79 Å². The van der Waals surface area contributed by atoms with E-state index >= 15 is 0 Å². The first-order valence-electron chi connectivity index (χ1n) is 7.11. The molecule has 1 aromatic carbocycles. The zero-order valence-electron chi connectivity index (χ0n) is 11.7. The molecule has 3 rings (SSSR count). The van der Waals surface area contributed by atoms with Crippen LogP contribution in [0, 0.1) is 12.3 Å². The third kappa shape index (κ3) is 3.05. The van der Waals surface area contributed by atoms with Crippen molar-refractivity contribution in [3.8, 4) is 18.1 Å². The Hall–Kier alpha value is -2.35. The minimum atomic E-state index is -0.395. The SMILES string of the molecule is C#CCCC1(CCC(=O)NC2COc3ccccc32)N=N1.